The van der Waals surface area contributed by atoms with Crippen LogP contribution in [0.2, 0.25) is 0 Å². The first kappa shape index (κ1) is 45.0. The number of hydrogen-bond acceptors (Lipinski definition) is 13. The largest absolute Gasteiger partial charge is 0.449 e. The minimum absolute atomic E-state index is 0.0370. The minimum Gasteiger partial charge on any atom is -0.449 e. The summed E-state index contributed by atoms with van der Waals surface area (Å²) >= 11 is 0. The molecule has 7 heterocycles. The Morgan fingerprint density at radius 3 is 2.57 bits per heavy atom. The Hall–Kier alpha value is -7.19. The average molecular weight is 917 g/mol. The molecule has 5 aromatic rings. The maximum Gasteiger partial charge on any atom is 0.329 e. The molecule has 0 aliphatic carbocycles. The van der Waals surface area contributed by atoms with Crippen LogP contribution in [0.3, 0.4) is 0 Å². The molecule has 5 amide bonds. The number of piperidine rings is 2. The predicted octanol–water partition coefficient (Wildman–Crippen LogP) is 2.90. The normalized spacial score (nSPS) is 17.9. The first-order valence-corrected chi connectivity index (χ1v) is 22.8. The number of imidazole rings is 1. The van der Waals surface area contributed by atoms with Crippen molar-refractivity contribution in [3.63, 3.8) is 0 Å². The summed E-state index contributed by atoms with van der Waals surface area (Å²) in [6.45, 7) is 3.93. The first-order valence-electron chi connectivity index (χ1n) is 22.8. The maximum atomic E-state index is 13.7. The summed E-state index contributed by atoms with van der Waals surface area (Å²) in [5.41, 5.74) is 11.1. The van der Waals surface area contributed by atoms with Gasteiger partial charge in [0.2, 0.25) is 17.7 Å². The van der Waals surface area contributed by atoms with E-state index >= 15 is 0 Å². The van der Waals surface area contributed by atoms with Gasteiger partial charge in [-0.2, -0.15) is 5.10 Å². The van der Waals surface area contributed by atoms with Crippen molar-refractivity contribution in [2.24, 2.45) is 7.05 Å². The molecule has 2 fully saturated rings. The van der Waals surface area contributed by atoms with E-state index in [0.29, 0.717) is 92.9 Å². The molecule has 0 bridgehead atoms. The van der Waals surface area contributed by atoms with E-state index in [0.717, 1.165) is 35.2 Å². The smallest absolute Gasteiger partial charge is 0.329 e. The quantitative estimate of drug-likeness (QED) is 0.109. The molecule has 0 saturated carbocycles. The van der Waals surface area contributed by atoms with E-state index in [2.05, 4.69) is 32.4 Å². The zero-order valence-electron chi connectivity index (χ0n) is 38.2. The van der Waals surface area contributed by atoms with Crippen LogP contribution in [0.4, 0.5) is 5.69 Å². The Labute approximate surface area is 386 Å². The lowest BCUT2D eigenvalue weighted by Gasteiger charge is -2.34. The number of hydrazine groups is 2. The van der Waals surface area contributed by atoms with Crippen LogP contribution in [-0.4, -0.2) is 141 Å². The SMILES string of the molecule is CN(C)C(=O)c1cc2cc(C3=CCCN(C(=O)CCN4C=CNN4)C3)cc(-n3cc(C(=O)N(C)CCCOC4CCN(c5cccc6c5n(C)c(=O)n6C5CCC(=O)NC5=O)CC4)cn3)c2o1. The van der Waals surface area contributed by atoms with Gasteiger partial charge in [-0.3, -0.25) is 43.4 Å². The zero-order chi connectivity index (χ0) is 46.9. The standard InChI is InChI=1S/C47H56N12O8/c1-52(2)46(64)39-26-32-24-31(30-8-6-18-56(28-30)41(61)15-21-57-22-16-48-51-57)25-38(43(32)67-39)58-29-33(27-49-58)45(63)53(3)17-7-23-66-34-13-19-55(20-14-34)35-9-5-10-36-42(35)54(4)47(65)59(36)37-11-12-40(60)50-44(37)62/h5,8-10,16,22,24-27,29,34,37,48,51H,6-7,11-15,17-21,23,28H2,1-4H3,(H,50,60,62). The van der Waals surface area contributed by atoms with Gasteiger partial charge in [0, 0.05) is 111 Å². The number of ether oxygens (including phenoxy) is 1. The summed E-state index contributed by atoms with van der Waals surface area (Å²) in [5, 5.41) is 9.48. The third-order valence-electron chi connectivity index (χ3n) is 13.0. The molecular formula is C47H56N12O8. The van der Waals surface area contributed by atoms with E-state index in [1.807, 2.05) is 46.4 Å². The van der Waals surface area contributed by atoms with Gasteiger partial charge >= 0.3 is 5.69 Å². The summed E-state index contributed by atoms with van der Waals surface area (Å²) in [5.74, 6) is -1.05. The lowest BCUT2D eigenvalue weighted by Crippen LogP contribution is -2.44. The highest BCUT2D eigenvalue weighted by molar-refractivity contribution is 6.01. The summed E-state index contributed by atoms with van der Waals surface area (Å²) in [4.78, 5) is 85.2. The number of anilines is 1. The number of nitrogens with one attached hydrogen (secondary N) is 3. The number of nitrogens with zero attached hydrogens (tertiary/aromatic N) is 9. The Morgan fingerprint density at radius 1 is 0.985 bits per heavy atom. The minimum atomic E-state index is -0.746. The van der Waals surface area contributed by atoms with Gasteiger partial charge in [-0.25, -0.2) is 9.48 Å². The molecule has 1 unspecified atom stereocenters. The number of carbonyl (C=O) groups excluding carboxylic acids is 5. The third-order valence-corrected chi connectivity index (χ3v) is 13.0. The highest BCUT2D eigenvalue weighted by Crippen LogP contribution is 2.34. The maximum absolute atomic E-state index is 13.7. The first-order chi connectivity index (χ1) is 32.3. The number of furan rings is 1. The number of aryl methyl sites for hydroxylation is 1. The number of aromatic nitrogens is 4. The Bertz CT molecular complexity index is 2860. The Kier molecular flexibility index (Phi) is 12.7. The molecule has 9 rings (SSSR count). The van der Waals surface area contributed by atoms with Crippen LogP contribution in [0, 0.1) is 0 Å². The molecule has 20 nitrogen and oxygen atoms in total. The Morgan fingerprint density at radius 2 is 1.81 bits per heavy atom. The van der Waals surface area contributed by atoms with Gasteiger partial charge in [-0.1, -0.05) is 12.1 Å². The average Bonchev–Trinajstić information content (AvgIpc) is 4.17. The number of amides is 5. The second-order valence-electron chi connectivity index (χ2n) is 17.7. The van der Waals surface area contributed by atoms with Crippen LogP contribution in [0.5, 0.6) is 0 Å². The molecule has 20 heteroatoms. The summed E-state index contributed by atoms with van der Waals surface area (Å²) in [6.07, 6.45) is 12.7. The molecular weight excluding hydrogens is 861 g/mol. The lowest BCUT2D eigenvalue weighted by atomic mass is 9.98. The van der Waals surface area contributed by atoms with Crippen molar-refractivity contribution < 1.29 is 33.1 Å². The van der Waals surface area contributed by atoms with Crippen LogP contribution in [-0.2, 0) is 26.2 Å². The van der Waals surface area contributed by atoms with Gasteiger partial charge in [0.25, 0.3) is 11.8 Å². The van der Waals surface area contributed by atoms with Crippen molar-refractivity contribution >= 4 is 62.8 Å². The Balaban J connectivity index is 0.814. The van der Waals surface area contributed by atoms with Gasteiger partial charge in [-0.15, -0.1) is 5.53 Å². The van der Waals surface area contributed by atoms with Gasteiger partial charge in [0.1, 0.15) is 11.7 Å². The molecule has 2 aromatic carbocycles. The zero-order valence-corrected chi connectivity index (χ0v) is 38.2. The van der Waals surface area contributed by atoms with Crippen LogP contribution < -0.4 is 26.9 Å². The van der Waals surface area contributed by atoms with Gasteiger partial charge in [-0.05, 0) is 73.6 Å². The fourth-order valence-corrected chi connectivity index (χ4v) is 9.38. The van der Waals surface area contributed by atoms with E-state index in [9.17, 15) is 28.8 Å². The molecule has 0 radical (unpaired) electrons. The third kappa shape index (κ3) is 9.18. The molecule has 0 spiro atoms. The van der Waals surface area contributed by atoms with E-state index < -0.39 is 11.9 Å². The molecule has 3 N–H and O–H groups in total. The van der Waals surface area contributed by atoms with E-state index in [4.69, 9.17) is 9.15 Å². The van der Waals surface area contributed by atoms with Crippen LogP contribution in [0.1, 0.15) is 77.5 Å². The highest BCUT2D eigenvalue weighted by Gasteiger charge is 2.33. The second-order valence-corrected chi connectivity index (χ2v) is 17.7. The lowest BCUT2D eigenvalue weighted by molar-refractivity contribution is -0.136. The molecule has 1 atom stereocenters. The van der Waals surface area contributed by atoms with Crippen LogP contribution >= 0.6 is 0 Å². The van der Waals surface area contributed by atoms with Crippen molar-refractivity contribution in [2.45, 2.75) is 57.1 Å². The van der Waals surface area contributed by atoms with Crippen molar-refractivity contribution in [1.29, 1.82) is 0 Å². The van der Waals surface area contributed by atoms with Gasteiger partial charge < -0.3 is 34.2 Å². The summed E-state index contributed by atoms with van der Waals surface area (Å²) in [7, 11) is 6.79. The second kappa shape index (κ2) is 19.0. The molecule has 4 aliphatic heterocycles. The number of rotatable bonds is 14. The van der Waals surface area contributed by atoms with E-state index in [1.54, 1.807) is 60.8 Å². The van der Waals surface area contributed by atoms with E-state index in [-0.39, 0.29) is 54.0 Å². The van der Waals surface area contributed by atoms with Crippen molar-refractivity contribution in [1.82, 2.24) is 54.9 Å². The number of benzene rings is 2. The highest BCUT2D eigenvalue weighted by atomic mass is 16.5. The summed E-state index contributed by atoms with van der Waals surface area (Å²) < 4.78 is 17.2. The molecule has 352 valence electrons. The van der Waals surface area contributed by atoms with Gasteiger partial charge in [0.15, 0.2) is 11.3 Å². The number of para-hydroxylation sites is 1. The fraction of sp³-hybridized carbons (Fsp3) is 0.426. The monoisotopic (exact) mass is 916 g/mol. The molecule has 2 saturated heterocycles. The van der Waals surface area contributed by atoms with Crippen molar-refractivity contribution in [2.75, 3.05) is 71.9 Å². The van der Waals surface area contributed by atoms with E-state index in [1.165, 1.54) is 15.7 Å². The molecule has 4 aliphatic rings. The number of imide groups is 1. The fourth-order valence-electron chi connectivity index (χ4n) is 9.38. The molecule has 3 aromatic heterocycles. The predicted molar refractivity (Wildman–Crippen MR) is 249 cm³/mol. The topological polar surface area (TPSA) is 205 Å². The van der Waals surface area contributed by atoms with Gasteiger partial charge in [0.05, 0.1) is 34.6 Å². The number of fused-ring (bicyclic) bond motifs is 2. The van der Waals surface area contributed by atoms with Crippen LogP contribution in [0.15, 0.2) is 76.5 Å². The van der Waals surface area contributed by atoms with Crippen LogP contribution in [0.25, 0.3) is 33.3 Å². The number of carbonyl (C=O) groups is 5. The summed E-state index contributed by atoms with van der Waals surface area (Å²) in [6, 6.07) is 10.6. The van der Waals surface area contributed by atoms with Crippen molar-refractivity contribution in [3.8, 4) is 5.69 Å². The number of hydrogen-bond donors (Lipinski definition) is 3. The molecule has 67 heavy (non-hydrogen) atoms. The van der Waals surface area contributed by atoms with Crippen molar-refractivity contribution in [3.05, 3.63) is 94.6 Å².